The lowest BCUT2D eigenvalue weighted by Crippen LogP contribution is -2.55. The zero-order valence-electron chi connectivity index (χ0n) is 17.9. The van der Waals surface area contributed by atoms with E-state index in [1.54, 1.807) is 17.0 Å². The van der Waals surface area contributed by atoms with E-state index < -0.39 is 0 Å². The lowest BCUT2D eigenvalue weighted by atomic mass is 9.78. The van der Waals surface area contributed by atoms with Gasteiger partial charge >= 0.3 is 0 Å². The zero-order chi connectivity index (χ0) is 22.5. The van der Waals surface area contributed by atoms with Gasteiger partial charge in [0.25, 0.3) is 0 Å². The molecule has 0 radical (unpaired) electrons. The third-order valence-electron chi connectivity index (χ3n) is 6.12. The number of carbonyl (C=O) groups excluding carboxylic acids is 2. The topological polar surface area (TPSA) is 63.4 Å². The van der Waals surface area contributed by atoms with Gasteiger partial charge in [-0.3, -0.25) is 9.59 Å². The summed E-state index contributed by atoms with van der Waals surface area (Å²) in [5.41, 5.74) is 9.31. The fraction of sp³-hybridized carbons (Fsp3) is 0.259. The molecule has 5 heteroatoms. The number of primary amides is 1. The highest BCUT2D eigenvalue weighted by atomic mass is 19.1. The molecule has 1 aliphatic rings. The van der Waals surface area contributed by atoms with Crippen LogP contribution in [0.3, 0.4) is 0 Å². The van der Waals surface area contributed by atoms with Crippen LogP contribution in [0, 0.1) is 11.7 Å². The molecule has 1 aliphatic heterocycles. The van der Waals surface area contributed by atoms with Gasteiger partial charge in [0.05, 0.1) is 12.0 Å². The number of benzene rings is 3. The first-order valence-electron chi connectivity index (χ1n) is 11.0. The molecule has 1 saturated heterocycles. The van der Waals surface area contributed by atoms with Crippen molar-refractivity contribution >= 4 is 17.5 Å². The minimum absolute atomic E-state index is 0.0764. The summed E-state index contributed by atoms with van der Waals surface area (Å²) in [6.07, 6.45) is 3.55. The molecule has 2 N–H and O–H groups in total. The van der Waals surface area contributed by atoms with E-state index in [1.165, 1.54) is 17.7 Å². The maximum atomic E-state index is 13.4. The summed E-state index contributed by atoms with van der Waals surface area (Å²) >= 11 is 0. The Hall–Kier alpha value is -3.47. The first-order chi connectivity index (χ1) is 15.5. The van der Waals surface area contributed by atoms with Crippen molar-refractivity contribution in [1.29, 1.82) is 0 Å². The van der Waals surface area contributed by atoms with Crippen molar-refractivity contribution in [2.75, 3.05) is 4.90 Å². The molecular formula is C27H27FN2O2. The van der Waals surface area contributed by atoms with Crippen LogP contribution < -0.4 is 10.6 Å². The summed E-state index contributed by atoms with van der Waals surface area (Å²) in [6, 6.07) is 24.3. The molecule has 0 aliphatic carbocycles. The predicted octanol–water partition coefficient (Wildman–Crippen LogP) is 4.97. The minimum Gasteiger partial charge on any atom is -0.370 e. The number of hydrogen-bond donors (Lipinski definition) is 1. The van der Waals surface area contributed by atoms with Crippen molar-refractivity contribution < 1.29 is 14.0 Å². The maximum Gasteiger partial charge on any atom is 0.233 e. The van der Waals surface area contributed by atoms with Crippen molar-refractivity contribution in [3.05, 3.63) is 101 Å². The quantitative estimate of drug-likeness (QED) is 0.487. The number of hydrogen-bond acceptors (Lipinski definition) is 2. The summed E-state index contributed by atoms with van der Waals surface area (Å²) < 4.78 is 13.4. The van der Waals surface area contributed by atoms with Gasteiger partial charge in [0, 0.05) is 12.1 Å². The fourth-order valence-corrected chi connectivity index (χ4v) is 4.42. The van der Waals surface area contributed by atoms with Gasteiger partial charge in [0.15, 0.2) is 0 Å². The van der Waals surface area contributed by atoms with Crippen molar-refractivity contribution in [1.82, 2.24) is 0 Å². The van der Waals surface area contributed by atoms with E-state index in [9.17, 15) is 14.0 Å². The summed E-state index contributed by atoms with van der Waals surface area (Å²) in [7, 11) is 0. The zero-order valence-corrected chi connectivity index (χ0v) is 17.9. The van der Waals surface area contributed by atoms with Crippen LogP contribution in [-0.4, -0.2) is 11.8 Å². The van der Waals surface area contributed by atoms with Crippen molar-refractivity contribution in [3.8, 4) is 0 Å². The number of nitrogens with zero attached hydrogens (tertiary/aromatic N) is 1. The number of carbonyl (C=O) groups is 2. The largest absolute Gasteiger partial charge is 0.370 e. The van der Waals surface area contributed by atoms with Crippen molar-refractivity contribution in [2.24, 2.45) is 11.7 Å². The molecule has 2 atom stereocenters. The molecular weight excluding hydrogens is 403 g/mol. The second kappa shape index (κ2) is 9.77. The Morgan fingerprint density at radius 2 is 1.53 bits per heavy atom. The van der Waals surface area contributed by atoms with E-state index >= 15 is 0 Å². The molecule has 3 aromatic carbocycles. The van der Waals surface area contributed by atoms with Gasteiger partial charge in [0.1, 0.15) is 5.82 Å². The molecule has 4 rings (SSSR count). The minimum atomic E-state index is -0.323. The first kappa shape index (κ1) is 21.8. The summed E-state index contributed by atoms with van der Waals surface area (Å²) in [4.78, 5) is 25.9. The van der Waals surface area contributed by atoms with Crippen LogP contribution in [0.4, 0.5) is 10.1 Å². The van der Waals surface area contributed by atoms with Crippen LogP contribution in [0.2, 0.25) is 0 Å². The molecule has 2 unspecified atom stereocenters. The molecule has 0 spiro atoms. The van der Waals surface area contributed by atoms with E-state index in [4.69, 9.17) is 5.73 Å². The molecule has 3 aromatic rings. The molecule has 1 heterocycles. The monoisotopic (exact) mass is 430 g/mol. The average Bonchev–Trinajstić information content (AvgIpc) is 2.81. The second-order valence-corrected chi connectivity index (χ2v) is 8.32. The molecule has 0 bridgehead atoms. The first-order valence-corrected chi connectivity index (χ1v) is 11.0. The van der Waals surface area contributed by atoms with E-state index in [-0.39, 0.29) is 29.6 Å². The van der Waals surface area contributed by atoms with Crippen LogP contribution in [-0.2, 0) is 22.4 Å². The number of amides is 2. The molecule has 0 saturated carbocycles. The van der Waals surface area contributed by atoms with Crippen LogP contribution in [0.15, 0.2) is 78.9 Å². The van der Waals surface area contributed by atoms with Gasteiger partial charge in [-0.1, -0.05) is 54.6 Å². The average molecular weight is 431 g/mol. The number of nitrogens with two attached hydrogens (primary N) is 1. The summed E-state index contributed by atoms with van der Waals surface area (Å²) in [5.74, 6) is -0.677. The van der Waals surface area contributed by atoms with E-state index in [2.05, 4.69) is 12.1 Å². The number of β-lactam (4-membered cyclic amide) rings is 1. The standard InChI is InChI=1S/C27H27FN2O2/c28-22-14-16-23(17-15-22)30-26(21-12-9-20(10-13-21)11-18-25(29)31)24(27(30)32)8-4-7-19-5-2-1-3-6-19/h1-3,5-6,9-10,12-17,24,26H,4,7-8,11,18H2,(H2,29,31). The summed E-state index contributed by atoms with van der Waals surface area (Å²) in [6.45, 7) is 0. The van der Waals surface area contributed by atoms with Crippen LogP contribution in [0.25, 0.3) is 0 Å². The fourth-order valence-electron chi connectivity index (χ4n) is 4.42. The number of halogens is 1. The van der Waals surface area contributed by atoms with E-state index in [1.807, 2.05) is 42.5 Å². The smallest absolute Gasteiger partial charge is 0.233 e. The Morgan fingerprint density at radius 1 is 0.875 bits per heavy atom. The Balaban J connectivity index is 1.52. The van der Waals surface area contributed by atoms with Crippen molar-refractivity contribution in [3.63, 3.8) is 0 Å². The van der Waals surface area contributed by atoms with Crippen LogP contribution in [0.5, 0.6) is 0 Å². The van der Waals surface area contributed by atoms with E-state index in [0.29, 0.717) is 18.5 Å². The SMILES string of the molecule is NC(=O)CCc1ccc(C2C(CCCc3ccccc3)C(=O)N2c2ccc(F)cc2)cc1. The van der Waals surface area contributed by atoms with Gasteiger partial charge in [-0.05, 0) is 66.6 Å². The van der Waals surface area contributed by atoms with Gasteiger partial charge in [-0.25, -0.2) is 4.39 Å². The maximum absolute atomic E-state index is 13.4. The van der Waals surface area contributed by atoms with E-state index in [0.717, 1.165) is 30.4 Å². The lowest BCUT2D eigenvalue weighted by molar-refractivity contribution is -0.130. The Labute approximate surface area is 187 Å². The highest BCUT2D eigenvalue weighted by molar-refractivity contribution is 6.03. The third-order valence-corrected chi connectivity index (χ3v) is 6.12. The van der Waals surface area contributed by atoms with Gasteiger partial charge in [-0.15, -0.1) is 0 Å². The Morgan fingerprint density at radius 3 is 2.19 bits per heavy atom. The number of aryl methyl sites for hydroxylation is 2. The third kappa shape index (κ3) is 4.88. The molecule has 4 nitrogen and oxygen atoms in total. The molecule has 1 fully saturated rings. The predicted molar refractivity (Wildman–Crippen MR) is 123 cm³/mol. The van der Waals surface area contributed by atoms with Crippen molar-refractivity contribution in [2.45, 2.75) is 38.1 Å². The number of rotatable bonds is 9. The number of anilines is 1. The molecule has 2 amide bonds. The summed E-state index contributed by atoms with van der Waals surface area (Å²) in [5, 5.41) is 0. The van der Waals surface area contributed by atoms with Crippen LogP contribution in [0.1, 0.15) is 42.0 Å². The van der Waals surface area contributed by atoms with Gasteiger partial charge < -0.3 is 10.6 Å². The molecule has 32 heavy (non-hydrogen) atoms. The highest BCUT2D eigenvalue weighted by Crippen LogP contribution is 2.45. The highest BCUT2D eigenvalue weighted by Gasteiger charge is 2.48. The molecule has 164 valence electrons. The Bertz CT molecular complexity index is 1070. The van der Waals surface area contributed by atoms with Gasteiger partial charge in [0.2, 0.25) is 11.8 Å². The lowest BCUT2D eigenvalue weighted by Gasteiger charge is -2.47. The normalized spacial score (nSPS) is 17.8. The van der Waals surface area contributed by atoms with Gasteiger partial charge in [-0.2, -0.15) is 0 Å². The second-order valence-electron chi connectivity index (χ2n) is 8.32. The van der Waals surface area contributed by atoms with Crippen LogP contribution >= 0.6 is 0 Å². The molecule has 0 aromatic heterocycles. The Kier molecular flexibility index (Phi) is 6.64.